The number of nitrogens with zero attached hydrogens (tertiary/aromatic N) is 3. The number of carbonyl (C=O) groups excluding carboxylic acids is 1. The Balaban J connectivity index is 1.77. The van der Waals surface area contributed by atoms with Crippen LogP contribution in [0.5, 0.6) is 0 Å². The van der Waals surface area contributed by atoms with Crippen molar-refractivity contribution in [2.75, 3.05) is 11.9 Å². The van der Waals surface area contributed by atoms with Crippen molar-refractivity contribution in [3.05, 3.63) is 71.3 Å². The second-order valence-electron chi connectivity index (χ2n) is 6.77. The number of carboxylic acid groups (broad SMARTS) is 1. The van der Waals surface area contributed by atoms with E-state index in [1.54, 1.807) is 6.07 Å². The van der Waals surface area contributed by atoms with Crippen LogP contribution in [0.25, 0.3) is 0 Å². The molecule has 0 unspecified atom stereocenters. The lowest BCUT2D eigenvalue weighted by Crippen LogP contribution is -2.21. The molecule has 2 heterocycles. The van der Waals surface area contributed by atoms with Crippen LogP contribution in [-0.2, 0) is 12.3 Å². The summed E-state index contributed by atoms with van der Waals surface area (Å²) in [6, 6.07) is 15.3. The summed E-state index contributed by atoms with van der Waals surface area (Å²) in [6.07, 6.45) is 0. The van der Waals surface area contributed by atoms with Crippen LogP contribution in [0, 0.1) is 0 Å². The van der Waals surface area contributed by atoms with Crippen LogP contribution in [0.3, 0.4) is 0 Å². The summed E-state index contributed by atoms with van der Waals surface area (Å²) in [5.74, 6) is 0.604. The van der Waals surface area contributed by atoms with E-state index in [2.05, 4.69) is 40.8 Å². The largest absolute Gasteiger partial charge is 0.542 e. The van der Waals surface area contributed by atoms with E-state index in [0.29, 0.717) is 16.7 Å². The predicted octanol–water partition coefficient (Wildman–Crippen LogP) is 3.49. The summed E-state index contributed by atoms with van der Waals surface area (Å²) < 4.78 is 5.25. The summed E-state index contributed by atoms with van der Waals surface area (Å²) in [5.41, 5.74) is 2.16. The quantitative estimate of drug-likeness (QED) is 0.426. The monoisotopic (exact) mass is 396 g/mol. The summed E-state index contributed by atoms with van der Waals surface area (Å²) >= 11 is 1.41. The Bertz CT molecular complexity index is 941. The molecule has 0 aliphatic carbocycles. The number of anilines is 1. The maximum absolute atomic E-state index is 10.8. The van der Waals surface area contributed by atoms with E-state index in [9.17, 15) is 9.90 Å². The van der Waals surface area contributed by atoms with Gasteiger partial charge < -0.3 is 19.2 Å². The zero-order valence-corrected chi connectivity index (χ0v) is 16.9. The molecule has 0 radical (unpaired) electrons. The molecule has 0 spiro atoms. The zero-order valence-electron chi connectivity index (χ0n) is 16.1. The van der Waals surface area contributed by atoms with Gasteiger partial charge in [0.25, 0.3) is 0 Å². The van der Waals surface area contributed by atoms with E-state index in [1.807, 2.05) is 31.3 Å². The van der Waals surface area contributed by atoms with E-state index in [4.69, 9.17) is 4.42 Å². The molecular formula is C21H22N3O3S-. The number of carbonyl (C=O) groups is 1. The number of thioether (sulfide) groups is 1. The number of aromatic carboxylic acids is 1. The molecule has 0 atom stereocenters. The normalized spacial score (nSPS) is 11.0. The van der Waals surface area contributed by atoms with Crippen LogP contribution < -0.4 is 10.0 Å². The predicted molar refractivity (Wildman–Crippen MR) is 107 cm³/mol. The van der Waals surface area contributed by atoms with Gasteiger partial charge in [0.2, 0.25) is 0 Å². The van der Waals surface area contributed by atoms with Crippen molar-refractivity contribution in [2.24, 2.45) is 0 Å². The highest BCUT2D eigenvalue weighted by Crippen LogP contribution is 2.26. The van der Waals surface area contributed by atoms with Crippen molar-refractivity contribution < 1.29 is 14.3 Å². The molecule has 3 rings (SSSR count). The van der Waals surface area contributed by atoms with E-state index >= 15 is 0 Å². The van der Waals surface area contributed by atoms with Crippen LogP contribution in [0.15, 0.2) is 58.1 Å². The first kappa shape index (κ1) is 19.9. The van der Waals surface area contributed by atoms with Crippen molar-refractivity contribution in [1.29, 1.82) is 0 Å². The molecule has 0 fully saturated rings. The SMILES string of the molecule is CC(C)c1cc(N(C)Cc2ccccc2)nc(SCc2ccc(C(=O)[O-])o2)n1. The van der Waals surface area contributed by atoms with Crippen LogP contribution >= 0.6 is 11.8 Å². The second-order valence-corrected chi connectivity index (χ2v) is 7.71. The van der Waals surface area contributed by atoms with Crippen LogP contribution in [0.1, 0.15) is 47.3 Å². The number of carboxylic acids is 1. The molecule has 28 heavy (non-hydrogen) atoms. The van der Waals surface area contributed by atoms with Gasteiger partial charge in [-0.3, -0.25) is 0 Å². The minimum Gasteiger partial charge on any atom is -0.542 e. The van der Waals surface area contributed by atoms with Gasteiger partial charge in [-0.15, -0.1) is 0 Å². The molecule has 0 N–H and O–H groups in total. The highest BCUT2D eigenvalue weighted by molar-refractivity contribution is 7.98. The van der Waals surface area contributed by atoms with Gasteiger partial charge in [0, 0.05) is 25.4 Å². The van der Waals surface area contributed by atoms with E-state index < -0.39 is 5.97 Å². The smallest absolute Gasteiger partial charge is 0.190 e. The van der Waals surface area contributed by atoms with Crippen LogP contribution in [0.4, 0.5) is 5.82 Å². The van der Waals surface area contributed by atoms with E-state index in [1.165, 1.54) is 23.4 Å². The van der Waals surface area contributed by atoms with E-state index in [-0.39, 0.29) is 11.7 Å². The Morgan fingerprint density at radius 1 is 1.18 bits per heavy atom. The number of aromatic nitrogens is 2. The molecular weight excluding hydrogens is 374 g/mol. The molecule has 0 bridgehead atoms. The van der Waals surface area contributed by atoms with Crippen molar-refractivity contribution in [3.8, 4) is 0 Å². The lowest BCUT2D eigenvalue weighted by atomic mass is 10.1. The van der Waals surface area contributed by atoms with Gasteiger partial charge in [0.15, 0.2) is 5.16 Å². The highest BCUT2D eigenvalue weighted by atomic mass is 32.2. The van der Waals surface area contributed by atoms with Crippen molar-refractivity contribution in [1.82, 2.24) is 9.97 Å². The number of benzene rings is 1. The topological polar surface area (TPSA) is 82.3 Å². The molecule has 7 heteroatoms. The molecule has 3 aromatic rings. The van der Waals surface area contributed by atoms with Crippen LogP contribution in [-0.4, -0.2) is 23.0 Å². The van der Waals surface area contributed by atoms with Crippen molar-refractivity contribution in [3.63, 3.8) is 0 Å². The minimum absolute atomic E-state index is 0.171. The maximum Gasteiger partial charge on any atom is 0.190 e. The van der Waals surface area contributed by atoms with E-state index in [0.717, 1.165) is 18.1 Å². The maximum atomic E-state index is 10.8. The highest BCUT2D eigenvalue weighted by Gasteiger charge is 2.13. The molecule has 0 saturated heterocycles. The number of rotatable bonds is 8. The first-order valence-corrected chi connectivity index (χ1v) is 9.98. The Hall–Kier alpha value is -2.80. The Labute approximate surface area is 168 Å². The van der Waals surface area contributed by atoms with Gasteiger partial charge >= 0.3 is 0 Å². The molecule has 0 amide bonds. The zero-order chi connectivity index (χ0) is 20.1. The number of hydrogen-bond donors (Lipinski definition) is 0. The van der Waals surface area contributed by atoms with Crippen molar-refractivity contribution >= 4 is 23.5 Å². The van der Waals surface area contributed by atoms with Gasteiger partial charge in [-0.05, 0) is 23.6 Å². The number of hydrogen-bond acceptors (Lipinski definition) is 7. The second kappa shape index (κ2) is 8.93. The Morgan fingerprint density at radius 3 is 2.57 bits per heavy atom. The minimum atomic E-state index is -1.32. The molecule has 6 nitrogen and oxygen atoms in total. The number of furan rings is 1. The van der Waals surface area contributed by atoms with Gasteiger partial charge in [-0.1, -0.05) is 55.9 Å². The fourth-order valence-corrected chi connectivity index (χ4v) is 3.38. The van der Waals surface area contributed by atoms with Gasteiger partial charge in [0.05, 0.1) is 5.75 Å². The summed E-state index contributed by atoms with van der Waals surface area (Å²) in [5, 5.41) is 11.5. The molecule has 2 aromatic heterocycles. The molecule has 0 aliphatic heterocycles. The molecule has 1 aromatic carbocycles. The average molecular weight is 396 g/mol. The third-order valence-corrected chi connectivity index (χ3v) is 5.03. The first-order chi connectivity index (χ1) is 13.4. The summed E-state index contributed by atoms with van der Waals surface area (Å²) in [7, 11) is 2.01. The Morgan fingerprint density at radius 2 is 1.93 bits per heavy atom. The Kier molecular flexibility index (Phi) is 6.36. The fourth-order valence-electron chi connectivity index (χ4n) is 2.63. The third-order valence-electron chi connectivity index (χ3n) is 4.16. The van der Waals surface area contributed by atoms with Gasteiger partial charge in [-0.2, -0.15) is 0 Å². The van der Waals surface area contributed by atoms with Crippen molar-refractivity contribution in [2.45, 2.75) is 37.2 Å². The van der Waals surface area contributed by atoms with Gasteiger partial charge in [0.1, 0.15) is 23.3 Å². The molecule has 0 aliphatic rings. The standard InChI is InChI=1S/C21H23N3O3S/c1-14(2)17-11-19(24(3)12-15-7-5-4-6-8-15)23-21(22-17)28-13-16-9-10-18(27-16)20(25)26/h4-11,14H,12-13H2,1-3H3,(H,25,26)/p-1. The average Bonchev–Trinajstić information content (AvgIpc) is 3.16. The summed E-state index contributed by atoms with van der Waals surface area (Å²) in [6.45, 7) is 4.93. The molecule has 0 saturated carbocycles. The lowest BCUT2D eigenvalue weighted by molar-refractivity contribution is -0.257. The first-order valence-electron chi connectivity index (χ1n) is 8.99. The van der Waals surface area contributed by atoms with Gasteiger partial charge in [-0.25, -0.2) is 9.97 Å². The summed E-state index contributed by atoms with van der Waals surface area (Å²) in [4.78, 5) is 22.2. The third kappa shape index (κ3) is 5.13. The molecule has 146 valence electrons. The lowest BCUT2D eigenvalue weighted by Gasteiger charge is -2.20. The van der Waals surface area contributed by atoms with Crippen LogP contribution in [0.2, 0.25) is 0 Å². The fraction of sp³-hybridized carbons (Fsp3) is 0.286.